The van der Waals surface area contributed by atoms with Crippen LogP contribution in [0.5, 0.6) is 0 Å². The summed E-state index contributed by atoms with van der Waals surface area (Å²) in [6.45, 7) is -0.483. The lowest BCUT2D eigenvalue weighted by atomic mass is 10.2. The zero-order valence-corrected chi connectivity index (χ0v) is 14.3. The number of nitrogens with zero attached hydrogens (tertiary/aromatic N) is 1. The van der Waals surface area contributed by atoms with E-state index in [9.17, 15) is 30.8 Å². The molecule has 10 heteroatoms. The van der Waals surface area contributed by atoms with Crippen molar-refractivity contribution in [3.05, 3.63) is 65.2 Å². The molecule has 0 saturated heterocycles. The van der Waals surface area contributed by atoms with E-state index >= 15 is 0 Å². The Bertz CT molecular complexity index is 918. The highest BCUT2D eigenvalue weighted by molar-refractivity contribution is 7.92. The van der Waals surface area contributed by atoms with Crippen molar-refractivity contribution < 1.29 is 30.8 Å². The number of sulfonamides is 1. The molecular weight excluding hydrogens is 376 g/mol. The van der Waals surface area contributed by atoms with Gasteiger partial charge in [-0.05, 0) is 36.4 Å². The molecule has 1 N–H and O–H groups in total. The summed E-state index contributed by atoms with van der Waals surface area (Å²) in [6, 6.07) is 6.01. The molecule has 0 unspecified atom stereocenters. The molecule has 0 aliphatic heterocycles. The van der Waals surface area contributed by atoms with Gasteiger partial charge in [0, 0.05) is 6.54 Å². The highest BCUT2D eigenvalue weighted by Gasteiger charge is 2.20. The molecule has 5 nitrogen and oxygen atoms in total. The zero-order valence-electron chi connectivity index (χ0n) is 13.5. The SMILES string of the molecule is CS(=O)(=O)N(CCNC(=O)c1ccc(F)c(F)c1F)c1ccc(F)cc1. The van der Waals surface area contributed by atoms with Gasteiger partial charge in [0.2, 0.25) is 10.0 Å². The van der Waals surface area contributed by atoms with E-state index in [2.05, 4.69) is 5.32 Å². The Morgan fingerprint density at radius 1 is 1.00 bits per heavy atom. The van der Waals surface area contributed by atoms with Gasteiger partial charge in [0.05, 0.1) is 24.1 Å². The van der Waals surface area contributed by atoms with Crippen molar-refractivity contribution in [1.29, 1.82) is 0 Å². The fourth-order valence-corrected chi connectivity index (χ4v) is 3.09. The van der Waals surface area contributed by atoms with Gasteiger partial charge in [-0.1, -0.05) is 0 Å². The number of carbonyl (C=O) groups excluding carboxylic acids is 1. The molecule has 0 bridgehead atoms. The van der Waals surface area contributed by atoms with Gasteiger partial charge in [0.25, 0.3) is 5.91 Å². The van der Waals surface area contributed by atoms with Gasteiger partial charge < -0.3 is 5.32 Å². The fraction of sp³-hybridized carbons (Fsp3) is 0.188. The van der Waals surface area contributed by atoms with Crippen LogP contribution in [0.1, 0.15) is 10.4 Å². The van der Waals surface area contributed by atoms with Crippen LogP contribution in [-0.2, 0) is 10.0 Å². The average molecular weight is 390 g/mol. The molecule has 0 aliphatic carbocycles. The topological polar surface area (TPSA) is 66.5 Å². The van der Waals surface area contributed by atoms with Crippen LogP contribution in [0.15, 0.2) is 36.4 Å². The summed E-state index contributed by atoms with van der Waals surface area (Å²) in [7, 11) is -3.74. The molecule has 0 radical (unpaired) electrons. The Kier molecular flexibility index (Phi) is 5.86. The van der Waals surface area contributed by atoms with Gasteiger partial charge in [-0.25, -0.2) is 26.0 Å². The lowest BCUT2D eigenvalue weighted by Crippen LogP contribution is -2.38. The number of nitrogens with one attached hydrogen (secondary N) is 1. The minimum absolute atomic E-state index is 0.169. The molecule has 140 valence electrons. The third-order valence-electron chi connectivity index (χ3n) is 3.40. The molecule has 0 saturated carbocycles. The lowest BCUT2D eigenvalue weighted by molar-refractivity contribution is 0.0949. The number of rotatable bonds is 6. The molecule has 0 atom stereocenters. The van der Waals surface area contributed by atoms with E-state index in [0.29, 0.717) is 6.07 Å². The average Bonchev–Trinajstić information content (AvgIpc) is 2.56. The molecule has 2 aromatic carbocycles. The Hall–Kier alpha value is -2.62. The van der Waals surface area contributed by atoms with Gasteiger partial charge in [0.15, 0.2) is 17.5 Å². The Morgan fingerprint density at radius 3 is 2.19 bits per heavy atom. The highest BCUT2D eigenvalue weighted by atomic mass is 32.2. The van der Waals surface area contributed by atoms with Crippen molar-refractivity contribution in [2.24, 2.45) is 0 Å². The number of benzene rings is 2. The van der Waals surface area contributed by atoms with Gasteiger partial charge in [-0.2, -0.15) is 0 Å². The second kappa shape index (κ2) is 7.73. The molecule has 0 fully saturated rings. The molecule has 26 heavy (non-hydrogen) atoms. The van der Waals surface area contributed by atoms with Gasteiger partial charge in [0.1, 0.15) is 5.82 Å². The smallest absolute Gasteiger partial charge is 0.254 e. The second-order valence-corrected chi connectivity index (χ2v) is 7.20. The number of halogens is 4. The van der Waals surface area contributed by atoms with Crippen LogP contribution in [0.2, 0.25) is 0 Å². The summed E-state index contributed by atoms with van der Waals surface area (Å²) in [5, 5.41) is 2.22. The minimum atomic E-state index is -3.74. The summed E-state index contributed by atoms with van der Waals surface area (Å²) in [5.74, 6) is -6.43. The summed E-state index contributed by atoms with van der Waals surface area (Å²) < 4.78 is 77.2. The molecule has 2 aromatic rings. The first-order chi connectivity index (χ1) is 12.1. The molecule has 0 heterocycles. The molecule has 0 spiro atoms. The number of hydrogen-bond acceptors (Lipinski definition) is 3. The van der Waals surface area contributed by atoms with Gasteiger partial charge >= 0.3 is 0 Å². The van der Waals surface area contributed by atoms with Crippen molar-refractivity contribution in [2.45, 2.75) is 0 Å². The monoisotopic (exact) mass is 390 g/mol. The van der Waals surface area contributed by atoms with Gasteiger partial charge in [-0.3, -0.25) is 9.10 Å². The molecule has 0 aliphatic rings. The lowest BCUT2D eigenvalue weighted by Gasteiger charge is -2.22. The van der Waals surface area contributed by atoms with E-state index in [4.69, 9.17) is 0 Å². The van der Waals surface area contributed by atoms with E-state index < -0.39 is 44.8 Å². The van der Waals surface area contributed by atoms with Crippen molar-refractivity contribution in [2.75, 3.05) is 23.7 Å². The standard InChI is InChI=1S/C16H14F4N2O3S/c1-26(24,25)22(11-4-2-10(17)3-5-11)9-8-21-16(23)12-6-7-13(18)15(20)14(12)19/h2-7H,8-9H2,1H3,(H,21,23). The summed E-state index contributed by atoms with van der Waals surface area (Å²) in [6.07, 6.45) is 0.924. The second-order valence-electron chi connectivity index (χ2n) is 5.29. The van der Waals surface area contributed by atoms with E-state index in [1.807, 2.05) is 0 Å². The first-order valence-corrected chi connectivity index (χ1v) is 9.11. The number of anilines is 1. The number of hydrogen-bond donors (Lipinski definition) is 1. The summed E-state index contributed by atoms with van der Waals surface area (Å²) in [4.78, 5) is 11.9. The first kappa shape index (κ1) is 19.7. The van der Waals surface area contributed by atoms with Crippen LogP contribution in [0.4, 0.5) is 23.2 Å². The van der Waals surface area contributed by atoms with E-state index in [0.717, 1.165) is 28.8 Å². The van der Waals surface area contributed by atoms with Crippen LogP contribution in [0, 0.1) is 23.3 Å². The Labute approximate surface area is 147 Å². The van der Waals surface area contributed by atoms with Crippen LogP contribution in [0.3, 0.4) is 0 Å². The quantitative estimate of drug-likeness (QED) is 0.609. The highest BCUT2D eigenvalue weighted by Crippen LogP contribution is 2.18. The van der Waals surface area contributed by atoms with E-state index in [-0.39, 0.29) is 18.8 Å². The third kappa shape index (κ3) is 4.51. The first-order valence-electron chi connectivity index (χ1n) is 7.26. The largest absolute Gasteiger partial charge is 0.350 e. The maximum Gasteiger partial charge on any atom is 0.254 e. The predicted octanol–water partition coefficient (Wildman–Crippen LogP) is 2.44. The predicted molar refractivity (Wildman–Crippen MR) is 87.2 cm³/mol. The number of carbonyl (C=O) groups is 1. The van der Waals surface area contributed by atoms with Crippen molar-refractivity contribution in [3.8, 4) is 0 Å². The Morgan fingerprint density at radius 2 is 1.62 bits per heavy atom. The summed E-state index contributed by atoms with van der Waals surface area (Å²) in [5.41, 5.74) is -0.543. The molecule has 2 rings (SSSR count). The normalized spacial score (nSPS) is 11.3. The zero-order chi connectivity index (χ0) is 19.5. The van der Waals surface area contributed by atoms with Crippen molar-refractivity contribution in [1.82, 2.24) is 5.32 Å². The molecular formula is C16H14F4N2O3S. The molecule has 1 amide bonds. The maximum absolute atomic E-state index is 13.6. The maximum atomic E-state index is 13.6. The summed E-state index contributed by atoms with van der Waals surface area (Å²) >= 11 is 0. The molecule has 0 aromatic heterocycles. The minimum Gasteiger partial charge on any atom is -0.350 e. The van der Waals surface area contributed by atoms with Crippen molar-refractivity contribution >= 4 is 21.6 Å². The third-order valence-corrected chi connectivity index (χ3v) is 4.59. The van der Waals surface area contributed by atoms with Crippen LogP contribution >= 0.6 is 0 Å². The fourth-order valence-electron chi connectivity index (χ4n) is 2.16. The van der Waals surface area contributed by atoms with Crippen LogP contribution in [-0.4, -0.2) is 33.7 Å². The van der Waals surface area contributed by atoms with E-state index in [1.54, 1.807) is 0 Å². The van der Waals surface area contributed by atoms with Crippen LogP contribution in [0.25, 0.3) is 0 Å². The van der Waals surface area contributed by atoms with Crippen LogP contribution < -0.4 is 9.62 Å². The Balaban J connectivity index is 2.09. The van der Waals surface area contributed by atoms with Gasteiger partial charge in [-0.15, -0.1) is 0 Å². The van der Waals surface area contributed by atoms with Crippen molar-refractivity contribution in [3.63, 3.8) is 0 Å². The van der Waals surface area contributed by atoms with E-state index in [1.165, 1.54) is 12.1 Å². The number of amides is 1.